The van der Waals surface area contributed by atoms with Crippen LogP contribution >= 0.6 is 24.8 Å². The van der Waals surface area contributed by atoms with E-state index in [1.165, 1.54) is 5.56 Å². The summed E-state index contributed by atoms with van der Waals surface area (Å²) in [5.74, 6) is 1.28. The van der Waals surface area contributed by atoms with Gasteiger partial charge in [0.05, 0.1) is 26.4 Å². The third-order valence-electron chi connectivity index (χ3n) is 5.65. The topological polar surface area (TPSA) is 76.8 Å². The summed E-state index contributed by atoms with van der Waals surface area (Å²) in [6, 6.07) is 8.43. The molecule has 2 fully saturated rings. The lowest BCUT2D eigenvalue weighted by atomic mass is 9.99. The van der Waals surface area contributed by atoms with Crippen LogP contribution in [0.4, 0.5) is 0 Å². The van der Waals surface area contributed by atoms with Crippen LogP contribution in [-0.4, -0.2) is 56.8 Å². The molecular formula is C20H33Cl2N3O3. The molecule has 2 aliphatic rings. The number of nitrogens with zero attached hydrogens (tertiary/aromatic N) is 1. The Morgan fingerprint density at radius 3 is 2.50 bits per heavy atom. The first-order valence-corrected chi connectivity index (χ1v) is 9.65. The number of carbonyl (C=O) groups is 1. The Hall–Kier alpha value is -1.05. The Bertz CT molecular complexity index is 583. The van der Waals surface area contributed by atoms with E-state index < -0.39 is 0 Å². The summed E-state index contributed by atoms with van der Waals surface area (Å²) in [5.41, 5.74) is 7.29. The zero-order valence-corrected chi connectivity index (χ0v) is 18.1. The predicted octanol–water partition coefficient (Wildman–Crippen LogP) is 2.55. The van der Waals surface area contributed by atoms with Gasteiger partial charge >= 0.3 is 0 Å². The van der Waals surface area contributed by atoms with Crippen LogP contribution in [0, 0.1) is 5.92 Å². The van der Waals surface area contributed by atoms with Gasteiger partial charge in [0, 0.05) is 32.1 Å². The Morgan fingerprint density at radius 1 is 1.25 bits per heavy atom. The maximum atomic E-state index is 12.4. The Labute approximate surface area is 180 Å². The number of ether oxygens (including phenoxy) is 2. The number of morpholine rings is 1. The fraction of sp³-hybridized carbons (Fsp3) is 0.650. The summed E-state index contributed by atoms with van der Waals surface area (Å²) < 4.78 is 10.7. The molecule has 1 aromatic rings. The highest BCUT2D eigenvalue weighted by Crippen LogP contribution is 2.27. The van der Waals surface area contributed by atoms with E-state index in [9.17, 15) is 4.79 Å². The fourth-order valence-corrected chi connectivity index (χ4v) is 4.01. The predicted molar refractivity (Wildman–Crippen MR) is 116 cm³/mol. The minimum atomic E-state index is 0. The molecule has 28 heavy (non-hydrogen) atoms. The summed E-state index contributed by atoms with van der Waals surface area (Å²) in [6.45, 7) is 3.82. The van der Waals surface area contributed by atoms with Crippen molar-refractivity contribution in [2.45, 2.75) is 37.8 Å². The van der Waals surface area contributed by atoms with Crippen molar-refractivity contribution < 1.29 is 14.3 Å². The van der Waals surface area contributed by atoms with Gasteiger partial charge in [-0.15, -0.1) is 24.8 Å². The highest BCUT2D eigenvalue weighted by atomic mass is 35.5. The van der Waals surface area contributed by atoms with E-state index in [1.807, 2.05) is 12.1 Å². The van der Waals surface area contributed by atoms with Crippen LogP contribution in [0.1, 0.15) is 37.3 Å². The second-order valence-corrected chi connectivity index (χ2v) is 7.30. The summed E-state index contributed by atoms with van der Waals surface area (Å²) in [4.78, 5) is 14.8. The minimum Gasteiger partial charge on any atom is -0.497 e. The zero-order valence-electron chi connectivity index (χ0n) is 16.5. The normalized spacial score (nSPS) is 23.2. The highest BCUT2D eigenvalue weighted by molar-refractivity contribution is 5.85. The molecule has 0 radical (unpaired) electrons. The first-order chi connectivity index (χ1) is 12.7. The molecule has 160 valence electrons. The number of nitrogens with one attached hydrogen (secondary N) is 1. The molecule has 1 unspecified atom stereocenters. The van der Waals surface area contributed by atoms with Gasteiger partial charge in [0.1, 0.15) is 5.75 Å². The quantitative estimate of drug-likeness (QED) is 0.690. The molecule has 8 heteroatoms. The Morgan fingerprint density at radius 2 is 1.93 bits per heavy atom. The van der Waals surface area contributed by atoms with Crippen molar-refractivity contribution in [2.75, 3.05) is 40.0 Å². The van der Waals surface area contributed by atoms with Crippen molar-refractivity contribution in [3.8, 4) is 5.75 Å². The molecule has 6 nitrogen and oxygen atoms in total. The molecule has 1 heterocycles. The van der Waals surface area contributed by atoms with Gasteiger partial charge < -0.3 is 20.5 Å². The van der Waals surface area contributed by atoms with Gasteiger partial charge in [-0.05, 0) is 36.5 Å². The van der Waals surface area contributed by atoms with Crippen molar-refractivity contribution >= 4 is 30.7 Å². The average Bonchev–Trinajstić information content (AvgIpc) is 3.08. The van der Waals surface area contributed by atoms with E-state index >= 15 is 0 Å². The molecule has 1 aliphatic carbocycles. The SMILES string of the molecule is COc1ccc(C(CNC(=O)C[C@@H]2CCC[C@H]2N)N2CCOCC2)cc1.Cl.Cl. The van der Waals surface area contributed by atoms with Gasteiger partial charge in [-0.3, -0.25) is 9.69 Å². The summed E-state index contributed by atoms with van der Waals surface area (Å²) >= 11 is 0. The third-order valence-corrected chi connectivity index (χ3v) is 5.65. The van der Waals surface area contributed by atoms with Crippen molar-refractivity contribution in [1.82, 2.24) is 10.2 Å². The van der Waals surface area contributed by atoms with Crippen molar-refractivity contribution in [3.05, 3.63) is 29.8 Å². The average molecular weight is 434 g/mol. The lowest BCUT2D eigenvalue weighted by Crippen LogP contribution is -2.44. The highest BCUT2D eigenvalue weighted by Gasteiger charge is 2.27. The number of carbonyl (C=O) groups excluding carboxylic acids is 1. The fourth-order valence-electron chi connectivity index (χ4n) is 4.01. The van der Waals surface area contributed by atoms with Gasteiger partial charge in [-0.25, -0.2) is 0 Å². The van der Waals surface area contributed by atoms with Gasteiger partial charge in [-0.2, -0.15) is 0 Å². The smallest absolute Gasteiger partial charge is 0.220 e. The molecule has 1 saturated carbocycles. The number of halogens is 2. The number of amides is 1. The van der Waals surface area contributed by atoms with E-state index in [4.69, 9.17) is 15.2 Å². The van der Waals surface area contributed by atoms with Gasteiger partial charge in [0.25, 0.3) is 0 Å². The molecule has 0 spiro atoms. The monoisotopic (exact) mass is 433 g/mol. The first-order valence-electron chi connectivity index (χ1n) is 9.65. The molecule has 0 aromatic heterocycles. The summed E-state index contributed by atoms with van der Waals surface area (Å²) in [5, 5.41) is 3.15. The van der Waals surface area contributed by atoms with Crippen LogP contribution in [0.5, 0.6) is 5.75 Å². The largest absolute Gasteiger partial charge is 0.497 e. The van der Waals surface area contributed by atoms with Crippen LogP contribution in [0.3, 0.4) is 0 Å². The molecule has 3 N–H and O–H groups in total. The number of benzene rings is 1. The number of methoxy groups -OCH3 is 1. The van der Waals surface area contributed by atoms with Crippen molar-refractivity contribution in [3.63, 3.8) is 0 Å². The van der Waals surface area contributed by atoms with E-state index in [0.717, 1.165) is 51.3 Å². The molecule has 3 rings (SSSR count). The summed E-state index contributed by atoms with van der Waals surface area (Å²) in [7, 11) is 1.67. The molecule has 3 atom stereocenters. The second-order valence-electron chi connectivity index (χ2n) is 7.30. The zero-order chi connectivity index (χ0) is 18.4. The van der Waals surface area contributed by atoms with Crippen LogP contribution in [0.2, 0.25) is 0 Å². The van der Waals surface area contributed by atoms with E-state index in [0.29, 0.717) is 18.9 Å². The maximum Gasteiger partial charge on any atom is 0.220 e. The third kappa shape index (κ3) is 6.78. The number of nitrogens with two attached hydrogens (primary N) is 1. The molecule has 0 bridgehead atoms. The second kappa shape index (κ2) is 12.5. The minimum absolute atomic E-state index is 0. The molecule has 1 aliphatic heterocycles. The van der Waals surface area contributed by atoms with Crippen LogP contribution in [-0.2, 0) is 9.53 Å². The first kappa shape index (κ1) is 25.0. The number of rotatable bonds is 7. The Balaban J connectivity index is 0.00000196. The van der Waals surface area contributed by atoms with Gasteiger partial charge in [0.15, 0.2) is 0 Å². The molecule has 1 aromatic carbocycles. The lowest BCUT2D eigenvalue weighted by molar-refractivity contribution is -0.122. The van der Waals surface area contributed by atoms with Gasteiger partial charge in [-0.1, -0.05) is 18.6 Å². The maximum absolute atomic E-state index is 12.4. The van der Waals surface area contributed by atoms with E-state index in [1.54, 1.807) is 7.11 Å². The van der Waals surface area contributed by atoms with Crippen LogP contribution < -0.4 is 15.8 Å². The van der Waals surface area contributed by atoms with Crippen LogP contribution in [0.15, 0.2) is 24.3 Å². The van der Waals surface area contributed by atoms with Crippen molar-refractivity contribution in [2.24, 2.45) is 11.7 Å². The molecule has 1 saturated heterocycles. The van der Waals surface area contributed by atoms with E-state index in [2.05, 4.69) is 22.3 Å². The van der Waals surface area contributed by atoms with E-state index in [-0.39, 0.29) is 42.8 Å². The molecular weight excluding hydrogens is 401 g/mol. The van der Waals surface area contributed by atoms with Crippen molar-refractivity contribution in [1.29, 1.82) is 0 Å². The Kier molecular flexibility index (Phi) is 11.2. The lowest BCUT2D eigenvalue weighted by Gasteiger charge is -2.35. The van der Waals surface area contributed by atoms with Crippen LogP contribution in [0.25, 0.3) is 0 Å². The number of hydrogen-bond donors (Lipinski definition) is 2. The number of hydrogen-bond acceptors (Lipinski definition) is 5. The standard InChI is InChI=1S/C20H31N3O3.2ClH/c1-25-17-7-5-15(6-8-17)19(23-9-11-26-12-10-23)14-22-20(24)13-16-3-2-4-18(16)21;;/h5-8,16,18-19H,2-4,9-14,21H2,1H3,(H,22,24);2*1H/t16-,18+,19?;;/m0../s1. The summed E-state index contributed by atoms with van der Waals surface area (Å²) in [6.07, 6.45) is 3.79. The molecule has 1 amide bonds. The van der Waals surface area contributed by atoms with Gasteiger partial charge in [0.2, 0.25) is 5.91 Å².